The number of aromatic nitrogens is 2. The molecule has 1 aromatic heterocycles. The zero-order valence-corrected chi connectivity index (χ0v) is 19.3. The van der Waals surface area contributed by atoms with Crippen LogP contribution in [0.2, 0.25) is 0 Å². The van der Waals surface area contributed by atoms with Crippen LogP contribution in [-0.2, 0) is 13.0 Å². The predicted molar refractivity (Wildman–Crippen MR) is 131 cm³/mol. The first-order valence-electron chi connectivity index (χ1n) is 11.7. The molecule has 0 spiro atoms. The first kappa shape index (κ1) is 23.0. The Morgan fingerprint density at radius 1 is 1.06 bits per heavy atom. The number of hydrogen-bond donors (Lipinski definition) is 2. The molecule has 1 fully saturated rings. The van der Waals surface area contributed by atoms with Crippen molar-refractivity contribution in [3.8, 4) is 5.69 Å². The van der Waals surface area contributed by atoms with Crippen molar-refractivity contribution in [1.82, 2.24) is 25.3 Å². The number of nitrogens with zero attached hydrogens (tertiary/aromatic N) is 4. The minimum Gasteiger partial charge on any atom is -0.356 e. The number of nitrogens with one attached hydrogen (secondary N) is 2. The van der Waals surface area contributed by atoms with Gasteiger partial charge in [-0.05, 0) is 68.1 Å². The van der Waals surface area contributed by atoms with Crippen molar-refractivity contribution in [2.45, 2.75) is 25.8 Å². The molecule has 1 saturated heterocycles. The molecule has 7 heteroatoms. The Hall–Kier alpha value is -3.19. The van der Waals surface area contributed by atoms with Crippen LogP contribution >= 0.6 is 0 Å². The van der Waals surface area contributed by atoms with Crippen LogP contribution in [0.5, 0.6) is 0 Å². The number of guanidine groups is 1. The van der Waals surface area contributed by atoms with Gasteiger partial charge in [-0.2, -0.15) is 5.10 Å². The number of likely N-dealkylation sites (tertiary alicyclic amines) is 1. The molecule has 6 nitrogen and oxygen atoms in total. The number of hydrogen-bond acceptors (Lipinski definition) is 3. The molecule has 4 rings (SSSR count). The number of piperidine rings is 1. The lowest BCUT2D eigenvalue weighted by atomic mass is 9.96. The molecule has 0 bridgehead atoms. The van der Waals surface area contributed by atoms with Gasteiger partial charge >= 0.3 is 0 Å². The van der Waals surface area contributed by atoms with Gasteiger partial charge in [0.15, 0.2) is 5.96 Å². The molecular formula is C26H33FN6. The minimum absolute atomic E-state index is 0.106. The molecule has 0 amide bonds. The quantitative estimate of drug-likeness (QED) is 0.408. The number of halogens is 1. The molecule has 0 atom stereocenters. The average Bonchev–Trinajstić information content (AvgIpc) is 3.39. The van der Waals surface area contributed by atoms with Crippen molar-refractivity contribution in [1.29, 1.82) is 0 Å². The monoisotopic (exact) mass is 448 g/mol. The summed E-state index contributed by atoms with van der Waals surface area (Å²) in [6, 6.07) is 17.5. The zero-order chi connectivity index (χ0) is 22.9. The van der Waals surface area contributed by atoms with Gasteiger partial charge in [0.2, 0.25) is 0 Å². The second-order valence-electron chi connectivity index (χ2n) is 8.56. The molecule has 2 heterocycles. The average molecular weight is 449 g/mol. The van der Waals surface area contributed by atoms with Crippen LogP contribution in [0.1, 0.15) is 24.0 Å². The fourth-order valence-electron chi connectivity index (χ4n) is 4.24. The van der Waals surface area contributed by atoms with Gasteiger partial charge in [0.1, 0.15) is 5.82 Å². The summed E-state index contributed by atoms with van der Waals surface area (Å²) < 4.78 is 15.8. The largest absolute Gasteiger partial charge is 0.356 e. The van der Waals surface area contributed by atoms with Crippen molar-refractivity contribution in [3.63, 3.8) is 0 Å². The Morgan fingerprint density at radius 2 is 1.85 bits per heavy atom. The topological polar surface area (TPSA) is 57.5 Å². The molecule has 1 aliphatic heterocycles. The highest BCUT2D eigenvalue weighted by atomic mass is 19.1. The molecule has 0 aliphatic carbocycles. The van der Waals surface area contributed by atoms with E-state index in [2.05, 4.69) is 49.9 Å². The van der Waals surface area contributed by atoms with Crippen LogP contribution < -0.4 is 10.6 Å². The van der Waals surface area contributed by atoms with E-state index in [-0.39, 0.29) is 5.82 Å². The van der Waals surface area contributed by atoms with E-state index in [1.165, 1.54) is 5.56 Å². The van der Waals surface area contributed by atoms with E-state index in [0.29, 0.717) is 12.5 Å². The summed E-state index contributed by atoms with van der Waals surface area (Å²) in [6.45, 7) is 4.43. The van der Waals surface area contributed by atoms with E-state index in [0.717, 1.165) is 62.7 Å². The molecule has 174 valence electrons. The van der Waals surface area contributed by atoms with Gasteiger partial charge in [-0.3, -0.25) is 9.89 Å². The summed E-state index contributed by atoms with van der Waals surface area (Å²) in [5, 5.41) is 11.2. The van der Waals surface area contributed by atoms with Gasteiger partial charge in [0.25, 0.3) is 0 Å². The Labute approximate surface area is 195 Å². The second kappa shape index (κ2) is 11.6. The van der Waals surface area contributed by atoms with Crippen LogP contribution in [0, 0.1) is 11.7 Å². The Bertz CT molecular complexity index is 1010. The summed E-state index contributed by atoms with van der Waals surface area (Å²) in [6.07, 6.45) is 6.88. The molecule has 3 aromatic rings. The highest BCUT2D eigenvalue weighted by molar-refractivity contribution is 5.79. The molecule has 2 N–H and O–H groups in total. The van der Waals surface area contributed by atoms with Gasteiger partial charge in [-0.25, -0.2) is 9.07 Å². The van der Waals surface area contributed by atoms with Gasteiger partial charge in [-0.15, -0.1) is 0 Å². The first-order valence-corrected chi connectivity index (χ1v) is 11.7. The Kier molecular flexibility index (Phi) is 8.09. The fourth-order valence-corrected chi connectivity index (χ4v) is 4.24. The Balaban J connectivity index is 1.14. The van der Waals surface area contributed by atoms with Crippen LogP contribution in [0.15, 0.2) is 72.0 Å². The molecule has 33 heavy (non-hydrogen) atoms. The smallest absolute Gasteiger partial charge is 0.190 e. The molecule has 0 saturated carbocycles. The van der Waals surface area contributed by atoms with Crippen LogP contribution in [-0.4, -0.2) is 53.9 Å². The Morgan fingerprint density at radius 3 is 2.55 bits per heavy atom. The van der Waals surface area contributed by atoms with E-state index < -0.39 is 0 Å². The molecule has 0 unspecified atom stereocenters. The van der Waals surface area contributed by atoms with Crippen LogP contribution in [0.25, 0.3) is 5.69 Å². The van der Waals surface area contributed by atoms with Crippen LogP contribution in [0.3, 0.4) is 0 Å². The molecular weight excluding hydrogens is 415 g/mol. The predicted octanol–water partition coefficient (Wildman–Crippen LogP) is 3.63. The van der Waals surface area contributed by atoms with Crippen molar-refractivity contribution in [3.05, 3.63) is 83.9 Å². The summed E-state index contributed by atoms with van der Waals surface area (Å²) >= 11 is 0. The highest BCUT2D eigenvalue weighted by Crippen LogP contribution is 2.19. The van der Waals surface area contributed by atoms with E-state index in [1.54, 1.807) is 18.3 Å². The lowest BCUT2D eigenvalue weighted by Gasteiger charge is -2.32. The zero-order valence-electron chi connectivity index (χ0n) is 19.3. The maximum absolute atomic E-state index is 13.9. The van der Waals surface area contributed by atoms with E-state index >= 15 is 0 Å². The normalized spacial score (nSPS) is 15.5. The number of rotatable bonds is 8. The maximum Gasteiger partial charge on any atom is 0.190 e. The lowest BCUT2D eigenvalue weighted by molar-refractivity contribution is 0.176. The standard InChI is InChI=1S/C26H33FN6/c1-28-26(29-15-11-21-7-9-24(10-8-21)33-16-4-14-31-33)30-19-22-12-17-32(18-13-22)20-23-5-2-3-6-25(23)27/h2-10,14,16,22H,11-13,15,17-20H2,1H3,(H2,28,29,30). The third-order valence-electron chi connectivity index (χ3n) is 6.25. The number of benzene rings is 2. The second-order valence-corrected chi connectivity index (χ2v) is 8.56. The van der Waals surface area contributed by atoms with Crippen molar-refractivity contribution in [2.24, 2.45) is 10.9 Å². The summed E-state index contributed by atoms with van der Waals surface area (Å²) in [5.41, 5.74) is 3.12. The number of aliphatic imine (C=N–C) groups is 1. The summed E-state index contributed by atoms with van der Waals surface area (Å²) in [5.74, 6) is 1.34. The van der Waals surface area contributed by atoms with Gasteiger partial charge in [0, 0.05) is 44.6 Å². The van der Waals surface area contributed by atoms with Gasteiger partial charge < -0.3 is 10.6 Å². The molecule has 1 aliphatic rings. The summed E-state index contributed by atoms with van der Waals surface area (Å²) in [7, 11) is 1.81. The highest BCUT2D eigenvalue weighted by Gasteiger charge is 2.20. The van der Waals surface area contributed by atoms with E-state index in [1.807, 2.05) is 36.1 Å². The van der Waals surface area contributed by atoms with Crippen LogP contribution in [0.4, 0.5) is 4.39 Å². The fraction of sp³-hybridized carbons (Fsp3) is 0.385. The summed E-state index contributed by atoms with van der Waals surface area (Å²) in [4.78, 5) is 6.71. The third kappa shape index (κ3) is 6.65. The van der Waals surface area contributed by atoms with E-state index in [4.69, 9.17) is 0 Å². The van der Waals surface area contributed by atoms with Crippen molar-refractivity contribution >= 4 is 5.96 Å². The molecule has 2 aromatic carbocycles. The SMILES string of the molecule is CN=C(NCCc1ccc(-n2cccn2)cc1)NCC1CCN(Cc2ccccc2F)CC1. The third-order valence-corrected chi connectivity index (χ3v) is 6.25. The lowest BCUT2D eigenvalue weighted by Crippen LogP contribution is -2.43. The maximum atomic E-state index is 13.9. The van der Waals surface area contributed by atoms with Gasteiger partial charge in [0.05, 0.1) is 5.69 Å². The minimum atomic E-state index is -0.106. The van der Waals surface area contributed by atoms with Gasteiger partial charge in [-0.1, -0.05) is 30.3 Å². The first-order chi connectivity index (χ1) is 16.2. The van der Waals surface area contributed by atoms with Crippen molar-refractivity contribution < 1.29 is 4.39 Å². The van der Waals surface area contributed by atoms with E-state index in [9.17, 15) is 4.39 Å². The van der Waals surface area contributed by atoms with Crippen molar-refractivity contribution in [2.75, 3.05) is 33.2 Å². The molecule has 0 radical (unpaired) electrons.